The number of nitrogens with zero attached hydrogens (tertiary/aromatic N) is 1. The van der Waals surface area contributed by atoms with Crippen molar-refractivity contribution < 1.29 is 19.1 Å². The summed E-state index contributed by atoms with van der Waals surface area (Å²) in [5.41, 5.74) is 4.02. The van der Waals surface area contributed by atoms with Crippen LogP contribution in [0.15, 0.2) is 42.1 Å². The van der Waals surface area contributed by atoms with Crippen LogP contribution in [0.25, 0.3) is 6.08 Å². The molecule has 1 N–H and O–H groups in total. The fraction of sp³-hybridized carbons (Fsp3) is 0.200. The van der Waals surface area contributed by atoms with E-state index in [4.69, 9.17) is 9.47 Å². The predicted molar refractivity (Wildman–Crippen MR) is 95.5 cm³/mol. The SMILES string of the molecule is Cc1ccc(CN2C(=O)N/C(=C/c3cc4c(cc3C)OCO4)C2=O)cc1. The number of imide groups is 1. The number of urea groups is 1. The highest BCUT2D eigenvalue weighted by molar-refractivity contribution is 6.14. The molecule has 6 heteroatoms. The smallest absolute Gasteiger partial charge is 0.329 e. The lowest BCUT2D eigenvalue weighted by Crippen LogP contribution is -2.30. The molecule has 2 aliphatic rings. The number of ether oxygens (including phenoxy) is 2. The summed E-state index contributed by atoms with van der Waals surface area (Å²) in [7, 11) is 0. The van der Waals surface area contributed by atoms with Gasteiger partial charge < -0.3 is 14.8 Å². The van der Waals surface area contributed by atoms with Crippen molar-refractivity contribution in [3.05, 3.63) is 64.3 Å². The number of benzene rings is 2. The molecule has 0 radical (unpaired) electrons. The molecular formula is C20H18N2O4. The third kappa shape index (κ3) is 2.90. The Bertz CT molecular complexity index is 932. The van der Waals surface area contributed by atoms with Crippen molar-refractivity contribution >= 4 is 18.0 Å². The molecule has 1 fully saturated rings. The second-order valence-corrected chi connectivity index (χ2v) is 6.43. The molecule has 2 aliphatic heterocycles. The van der Waals surface area contributed by atoms with E-state index in [2.05, 4.69) is 5.32 Å². The molecule has 2 aromatic carbocycles. The summed E-state index contributed by atoms with van der Waals surface area (Å²) >= 11 is 0. The fourth-order valence-electron chi connectivity index (χ4n) is 2.96. The highest BCUT2D eigenvalue weighted by atomic mass is 16.7. The van der Waals surface area contributed by atoms with Crippen molar-refractivity contribution in [3.63, 3.8) is 0 Å². The minimum atomic E-state index is -0.416. The first kappa shape index (κ1) is 16.2. The normalized spacial score (nSPS) is 17.2. The zero-order chi connectivity index (χ0) is 18.3. The third-order valence-corrected chi connectivity index (χ3v) is 4.48. The van der Waals surface area contributed by atoms with Crippen molar-refractivity contribution in [2.24, 2.45) is 0 Å². The Hall–Kier alpha value is -3.28. The number of nitrogens with one attached hydrogen (secondary N) is 1. The largest absolute Gasteiger partial charge is 0.454 e. The maximum Gasteiger partial charge on any atom is 0.329 e. The summed E-state index contributed by atoms with van der Waals surface area (Å²) in [6.45, 7) is 4.34. The number of fused-ring (bicyclic) bond motifs is 1. The molecule has 0 aliphatic carbocycles. The molecular weight excluding hydrogens is 332 g/mol. The van der Waals surface area contributed by atoms with Gasteiger partial charge in [0.2, 0.25) is 6.79 Å². The minimum absolute atomic E-state index is 0.189. The zero-order valence-corrected chi connectivity index (χ0v) is 14.5. The van der Waals surface area contributed by atoms with Gasteiger partial charge in [-0.3, -0.25) is 9.69 Å². The molecule has 3 amide bonds. The fourth-order valence-corrected chi connectivity index (χ4v) is 2.96. The monoisotopic (exact) mass is 350 g/mol. The van der Waals surface area contributed by atoms with E-state index in [1.54, 1.807) is 6.08 Å². The van der Waals surface area contributed by atoms with Crippen molar-refractivity contribution in [2.45, 2.75) is 20.4 Å². The topological polar surface area (TPSA) is 67.9 Å². The van der Waals surface area contributed by atoms with Gasteiger partial charge in [-0.15, -0.1) is 0 Å². The molecule has 132 valence electrons. The highest BCUT2D eigenvalue weighted by Crippen LogP contribution is 2.35. The number of rotatable bonds is 3. The Labute approximate surface area is 151 Å². The Morgan fingerprint density at radius 2 is 1.77 bits per heavy atom. The van der Waals surface area contributed by atoms with Crippen molar-refractivity contribution in [1.82, 2.24) is 10.2 Å². The molecule has 0 spiro atoms. The van der Waals surface area contributed by atoms with Crippen LogP contribution in [0.3, 0.4) is 0 Å². The molecule has 2 aromatic rings. The first-order valence-electron chi connectivity index (χ1n) is 8.31. The minimum Gasteiger partial charge on any atom is -0.454 e. The van der Waals surface area contributed by atoms with E-state index in [9.17, 15) is 9.59 Å². The van der Waals surface area contributed by atoms with Crippen LogP contribution >= 0.6 is 0 Å². The average Bonchev–Trinajstić information content (AvgIpc) is 3.16. The number of amides is 3. The van der Waals surface area contributed by atoms with Gasteiger partial charge in [-0.05, 0) is 48.7 Å². The van der Waals surface area contributed by atoms with E-state index >= 15 is 0 Å². The number of carbonyl (C=O) groups is 2. The first-order chi connectivity index (χ1) is 12.5. The van der Waals surface area contributed by atoms with Crippen LogP contribution in [0.5, 0.6) is 11.5 Å². The van der Waals surface area contributed by atoms with Crippen LogP contribution in [0, 0.1) is 13.8 Å². The number of carbonyl (C=O) groups excluding carboxylic acids is 2. The Kier molecular flexibility index (Phi) is 3.88. The van der Waals surface area contributed by atoms with E-state index in [1.807, 2.05) is 50.2 Å². The Balaban J connectivity index is 1.59. The maximum atomic E-state index is 12.7. The highest BCUT2D eigenvalue weighted by Gasteiger charge is 2.33. The van der Waals surface area contributed by atoms with Crippen LogP contribution in [0.4, 0.5) is 4.79 Å². The second kappa shape index (κ2) is 6.22. The summed E-state index contributed by atoms with van der Waals surface area (Å²) in [5.74, 6) is 0.982. The van der Waals surface area contributed by atoms with Gasteiger partial charge in [0.05, 0.1) is 6.54 Å². The Morgan fingerprint density at radius 3 is 2.50 bits per heavy atom. The van der Waals surface area contributed by atoms with Crippen LogP contribution in [0.2, 0.25) is 0 Å². The van der Waals surface area contributed by atoms with Crippen molar-refractivity contribution in [3.8, 4) is 11.5 Å². The molecule has 26 heavy (non-hydrogen) atoms. The zero-order valence-electron chi connectivity index (χ0n) is 14.5. The molecule has 0 unspecified atom stereocenters. The van der Waals surface area contributed by atoms with E-state index < -0.39 is 6.03 Å². The molecule has 6 nitrogen and oxygen atoms in total. The van der Waals surface area contributed by atoms with Gasteiger partial charge in [-0.25, -0.2) is 4.79 Å². The standard InChI is InChI=1S/C20H18N2O4/c1-12-3-5-14(6-4-12)10-22-19(23)16(21-20(22)24)8-15-9-18-17(7-13(15)2)25-11-26-18/h3-9H,10-11H2,1-2H3,(H,21,24)/b16-8+. The third-order valence-electron chi connectivity index (χ3n) is 4.48. The molecule has 1 saturated heterocycles. The lowest BCUT2D eigenvalue weighted by Gasteiger charge is -2.11. The van der Waals surface area contributed by atoms with Gasteiger partial charge in [-0.1, -0.05) is 29.8 Å². The van der Waals surface area contributed by atoms with Gasteiger partial charge in [0.15, 0.2) is 11.5 Å². The summed E-state index contributed by atoms with van der Waals surface area (Å²) in [4.78, 5) is 26.1. The lowest BCUT2D eigenvalue weighted by molar-refractivity contribution is -0.123. The van der Waals surface area contributed by atoms with Crippen molar-refractivity contribution in [1.29, 1.82) is 0 Å². The van der Waals surface area contributed by atoms with Crippen LogP contribution in [-0.2, 0) is 11.3 Å². The number of aryl methyl sites for hydroxylation is 2. The average molecular weight is 350 g/mol. The van der Waals surface area contributed by atoms with Gasteiger partial charge in [-0.2, -0.15) is 0 Å². The van der Waals surface area contributed by atoms with E-state index in [0.717, 1.165) is 22.3 Å². The molecule has 0 aromatic heterocycles. The van der Waals surface area contributed by atoms with Crippen molar-refractivity contribution in [2.75, 3.05) is 6.79 Å². The molecule has 0 bridgehead atoms. The van der Waals surface area contributed by atoms with E-state index in [1.165, 1.54) is 4.90 Å². The second-order valence-electron chi connectivity index (χ2n) is 6.43. The first-order valence-corrected chi connectivity index (χ1v) is 8.31. The predicted octanol–water partition coefficient (Wildman–Crippen LogP) is 3.13. The molecule has 4 rings (SSSR count). The van der Waals surface area contributed by atoms with Gasteiger partial charge in [0, 0.05) is 0 Å². The van der Waals surface area contributed by atoms with Crippen LogP contribution < -0.4 is 14.8 Å². The Morgan fingerprint density at radius 1 is 1.08 bits per heavy atom. The van der Waals surface area contributed by atoms with Gasteiger partial charge >= 0.3 is 6.03 Å². The quantitative estimate of drug-likeness (QED) is 0.682. The molecule has 2 heterocycles. The van der Waals surface area contributed by atoms with E-state index in [-0.39, 0.29) is 24.9 Å². The van der Waals surface area contributed by atoms with Gasteiger partial charge in [0.1, 0.15) is 5.70 Å². The lowest BCUT2D eigenvalue weighted by atomic mass is 10.1. The summed E-state index contributed by atoms with van der Waals surface area (Å²) in [6.07, 6.45) is 1.67. The van der Waals surface area contributed by atoms with E-state index in [0.29, 0.717) is 11.5 Å². The summed E-state index contributed by atoms with van der Waals surface area (Å²) in [5, 5.41) is 2.66. The molecule has 0 saturated carbocycles. The molecule has 0 atom stereocenters. The summed E-state index contributed by atoms with van der Waals surface area (Å²) < 4.78 is 10.7. The number of hydrogen-bond acceptors (Lipinski definition) is 4. The maximum absolute atomic E-state index is 12.7. The van der Waals surface area contributed by atoms with Crippen LogP contribution in [0.1, 0.15) is 22.3 Å². The van der Waals surface area contributed by atoms with Gasteiger partial charge in [0.25, 0.3) is 5.91 Å². The van der Waals surface area contributed by atoms with Crippen LogP contribution in [-0.4, -0.2) is 23.6 Å². The summed E-state index contributed by atoms with van der Waals surface area (Å²) in [6, 6.07) is 11.0. The number of hydrogen-bond donors (Lipinski definition) is 1.